The van der Waals surface area contributed by atoms with E-state index in [-0.39, 0.29) is 16.9 Å². The van der Waals surface area contributed by atoms with Gasteiger partial charge in [-0.3, -0.25) is 14.9 Å². The van der Waals surface area contributed by atoms with Gasteiger partial charge in [0.15, 0.2) is 5.75 Å². The number of nitrogens with zero attached hydrogens (tertiary/aromatic N) is 1. The van der Waals surface area contributed by atoms with E-state index in [1.165, 1.54) is 12.5 Å². The summed E-state index contributed by atoms with van der Waals surface area (Å²) in [6, 6.07) is 3.63. The highest BCUT2D eigenvalue weighted by molar-refractivity contribution is 5.95. The van der Waals surface area contributed by atoms with Crippen LogP contribution in [0.25, 0.3) is 0 Å². The number of carbonyl (C=O) groups excluding carboxylic acids is 1. The summed E-state index contributed by atoms with van der Waals surface area (Å²) in [4.78, 5) is 21.9. The van der Waals surface area contributed by atoms with Crippen LogP contribution in [-0.2, 0) is 0 Å². The van der Waals surface area contributed by atoms with Crippen LogP contribution in [0.2, 0.25) is 0 Å². The second-order valence-electron chi connectivity index (χ2n) is 5.35. The Morgan fingerprint density at radius 1 is 1.50 bits per heavy atom. The summed E-state index contributed by atoms with van der Waals surface area (Å²) in [5.74, 6) is -0.800. The minimum Gasteiger partial charge on any atom is -0.502 e. The molecule has 6 heteroatoms. The van der Waals surface area contributed by atoms with Gasteiger partial charge in [-0.25, -0.2) is 0 Å². The normalized spacial score (nSPS) is 16.2. The Bertz CT molecular complexity index is 532. The average molecular weight is 278 g/mol. The number of nitro benzene ring substituents is 1. The highest BCUT2D eigenvalue weighted by Crippen LogP contribution is 2.43. The van der Waals surface area contributed by atoms with Gasteiger partial charge in [-0.05, 0) is 36.8 Å². The maximum atomic E-state index is 12.0. The predicted molar refractivity (Wildman–Crippen MR) is 73.7 cm³/mol. The molecule has 1 aliphatic carbocycles. The topological polar surface area (TPSA) is 92.5 Å². The minimum absolute atomic E-state index is 0.207. The van der Waals surface area contributed by atoms with Crippen molar-refractivity contribution >= 4 is 11.6 Å². The molecule has 6 nitrogen and oxygen atoms in total. The molecule has 0 heterocycles. The molecule has 2 rings (SSSR count). The van der Waals surface area contributed by atoms with E-state index in [1.807, 2.05) is 0 Å². The zero-order valence-electron chi connectivity index (χ0n) is 11.4. The number of hydrogen-bond donors (Lipinski definition) is 2. The molecule has 0 radical (unpaired) electrons. The Morgan fingerprint density at radius 2 is 2.20 bits per heavy atom. The highest BCUT2D eigenvalue weighted by atomic mass is 16.6. The molecule has 0 bridgehead atoms. The molecule has 0 spiro atoms. The van der Waals surface area contributed by atoms with E-state index in [4.69, 9.17) is 0 Å². The molecule has 1 aliphatic rings. The van der Waals surface area contributed by atoms with Crippen LogP contribution in [0, 0.1) is 15.5 Å². The number of phenols is 1. The van der Waals surface area contributed by atoms with Gasteiger partial charge in [0, 0.05) is 18.2 Å². The zero-order valence-corrected chi connectivity index (χ0v) is 11.4. The number of aromatic hydroxyl groups is 1. The van der Waals surface area contributed by atoms with Crippen molar-refractivity contribution in [3.63, 3.8) is 0 Å². The lowest BCUT2D eigenvalue weighted by atomic mass is 9.67. The third-order valence-corrected chi connectivity index (χ3v) is 4.22. The number of carbonyl (C=O) groups is 1. The van der Waals surface area contributed by atoms with Gasteiger partial charge in [0.2, 0.25) is 0 Å². The van der Waals surface area contributed by atoms with Crippen LogP contribution in [0.4, 0.5) is 5.69 Å². The molecular formula is C14H18N2O4. The smallest absolute Gasteiger partial charge is 0.310 e. The molecule has 0 atom stereocenters. The highest BCUT2D eigenvalue weighted by Gasteiger charge is 2.35. The van der Waals surface area contributed by atoms with Crippen molar-refractivity contribution in [1.82, 2.24) is 5.32 Å². The lowest BCUT2D eigenvalue weighted by Crippen LogP contribution is -2.41. The molecule has 0 saturated heterocycles. The summed E-state index contributed by atoms with van der Waals surface area (Å²) in [6.07, 6.45) is 4.46. The van der Waals surface area contributed by atoms with E-state index in [2.05, 4.69) is 12.2 Å². The van der Waals surface area contributed by atoms with Crippen LogP contribution in [0.1, 0.15) is 43.0 Å². The van der Waals surface area contributed by atoms with Gasteiger partial charge in [0.1, 0.15) is 0 Å². The monoisotopic (exact) mass is 278 g/mol. The molecule has 0 aliphatic heterocycles. The first-order chi connectivity index (χ1) is 9.47. The fraction of sp³-hybridized carbons (Fsp3) is 0.500. The average Bonchev–Trinajstić information content (AvgIpc) is 2.37. The number of hydrogen-bond acceptors (Lipinski definition) is 4. The maximum Gasteiger partial charge on any atom is 0.310 e. The molecule has 20 heavy (non-hydrogen) atoms. The number of phenolic OH excluding ortho intramolecular Hbond substituents is 1. The Hall–Kier alpha value is -2.11. The third kappa shape index (κ3) is 2.74. The molecular weight excluding hydrogens is 260 g/mol. The number of nitro groups is 1. The molecule has 1 fully saturated rings. The molecule has 2 N–H and O–H groups in total. The van der Waals surface area contributed by atoms with Crippen molar-refractivity contribution in [2.24, 2.45) is 5.41 Å². The van der Waals surface area contributed by atoms with Crippen molar-refractivity contribution in [2.75, 3.05) is 6.54 Å². The zero-order chi connectivity index (χ0) is 14.8. The van der Waals surface area contributed by atoms with Crippen LogP contribution < -0.4 is 5.32 Å². The lowest BCUT2D eigenvalue weighted by molar-refractivity contribution is -0.385. The van der Waals surface area contributed by atoms with E-state index in [0.29, 0.717) is 6.54 Å². The molecule has 108 valence electrons. The van der Waals surface area contributed by atoms with Crippen molar-refractivity contribution in [1.29, 1.82) is 0 Å². The van der Waals surface area contributed by atoms with Crippen LogP contribution in [0.15, 0.2) is 18.2 Å². The number of rotatable bonds is 5. The van der Waals surface area contributed by atoms with Crippen LogP contribution in [-0.4, -0.2) is 22.5 Å². The maximum absolute atomic E-state index is 12.0. The quantitative estimate of drug-likeness (QED) is 0.639. The Labute approximate surface area is 117 Å². The molecule has 1 aromatic rings. The van der Waals surface area contributed by atoms with Crippen molar-refractivity contribution in [3.8, 4) is 5.75 Å². The largest absolute Gasteiger partial charge is 0.502 e. The van der Waals surface area contributed by atoms with Crippen molar-refractivity contribution < 1.29 is 14.8 Å². The second-order valence-corrected chi connectivity index (χ2v) is 5.35. The Kier molecular flexibility index (Phi) is 3.92. The minimum atomic E-state index is -0.683. The predicted octanol–water partition coefficient (Wildman–Crippen LogP) is 2.61. The van der Waals surface area contributed by atoms with E-state index >= 15 is 0 Å². The lowest BCUT2D eigenvalue weighted by Gasteiger charge is -2.41. The summed E-state index contributed by atoms with van der Waals surface area (Å²) in [5.41, 5.74) is 0.0441. The Morgan fingerprint density at radius 3 is 2.65 bits per heavy atom. The van der Waals surface area contributed by atoms with Gasteiger partial charge >= 0.3 is 5.69 Å². The van der Waals surface area contributed by atoms with Crippen LogP contribution in [0.5, 0.6) is 5.75 Å². The summed E-state index contributed by atoms with van der Waals surface area (Å²) < 4.78 is 0. The summed E-state index contributed by atoms with van der Waals surface area (Å²) in [6.45, 7) is 2.73. The van der Waals surface area contributed by atoms with E-state index in [9.17, 15) is 20.0 Å². The second kappa shape index (κ2) is 5.48. The van der Waals surface area contributed by atoms with Gasteiger partial charge in [-0.2, -0.15) is 0 Å². The van der Waals surface area contributed by atoms with E-state index < -0.39 is 16.4 Å². The first-order valence-corrected chi connectivity index (χ1v) is 6.73. The molecule has 0 aromatic heterocycles. The standard InChI is InChI=1S/C14H18N2O4/c1-2-14(6-3-7-14)9-15-13(18)10-4-5-11(16(19)20)12(17)8-10/h4-5,8,17H,2-3,6-7,9H2,1H3,(H,15,18). The number of benzene rings is 1. The number of nitrogens with one attached hydrogen (secondary N) is 1. The van der Waals surface area contributed by atoms with Gasteiger partial charge < -0.3 is 10.4 Å². The van der Waals surface area contributed by atoms with Crippen LogP contribution >= 0.6 is 0 Å². The van der Waals surface area contributed by atoms with Gasteiger partial charge in [-0.15, -0.1) is 0 Å². The van der Waals surface area contributed by atoms with E-state index in [1.54, 1.807) is 0 Å². The number of amides is 1. The summed E-state index contributed by atoms with van der Waals surface area (Å²) in [7, 11) is 0. The van der Waals surface area contributed by atoms with Crippen molar-refractivity contribution in [2.45, 2.75) is 32.6 Å². The SMILES string of the molecule is CCC1(CNC(=O)c2ccc([N+](=O)[O-])c(O)c2)CCC1. The van der Waals surface area contributed by atoms with Crippen molar-refractivity contribution in [3.05, 3.63) is 33.9 Å². The summed E-state index contributed by atoms with van der Waals surface area (Å²) >= 11 is 0. The van der Waals surface area contributed by atoms with Gasteiger partial charge in [-0.1, -0.05) is 13.3 Å². The molecule has 1 amide bonds. The first-order valence-electron chi connectivity index (χ1n) is 6.73. The van der Waals surface area contributed by atoms with Crippen LogP contribution in [0.3, 0.4) is 0 Å². The van der Waals surface area contributed by atoms with Gasteiger partial charge in [0.05, 0.1) is 4.92 Å². The summed E-state index contributed by atoms with van der Waals surface area (Å²) in [5, 5.41) is 23.0. The van der Waals surface area contributed by atoms with E-state index in [0.717, 1.165) is 31.4 Å². The molecule has 0 unspecified atom stereocenters. The fourth-order valence-electron chi connectivity index (χ4n) is 2.52. The fourth-order valence-corrected chi connectivity index (χ4v) is 2.52. The first kappa shape index (κ1) is 14.3. The molecule has 1 aromatic carbocycles. The third-order valence-electron chi connectivity index (χ3n) is 4.22. The van der Waals surface area contributed by atoms with Gasteiger partial charge in [0.25, 0.3) is 5.91 Å². The Balaban J connectivity index is 2.02. The molecule has 1 saturated carbocycles.